The Hall–Kier alpha value is -2.50. The molecule has 2 rings (SSSR count). The van der Waals surface area contributed by atoms with E-state index in [1.165, 1.54) is 12.1 Å². The molecule has 0 saturated heterocycles. The highest BCUT2D eigenvalue weighted by Crippen LogP contribution is 2.28. The second-order valence-electron chi connectivity index (χ2n) is 3.66. The van der Waals surface area contributed by atoms with Crippen molar-refractivity contribution in [1.29, 1.82) is 0 Å². The average Bonchev–Trinajstić information content (AvgIpc) is 2.25. The molecule has 6 nitrogen and oxygen atoms in total. The molecule has 86 valence electrons. The summed E-state index contributed by atoms with van der Waals surface area (Å²) in [4.78, 5) is 32.6. The number of benzene rings is 1. The van der Waals surface area contributed by atoms with Crippen molar-refractivity contribution in [2.24, 2.45) is 0 Å². The second-order valence-corrected chi connectivity index (χ2v) is 3.66. The lowest BCUT2D eigenvalue weighted by atomic mass is 9.90. The highest BCUT2D eigenvalue weighted by atomic mass is 16.6. The van der Waals surface area contributed by atoms with Crippen molar-refractivity contribution < 1.29 is 19.6 Å². The largest absolute Gasteiger partial charge is 0.502 e. The molecule has 0 bridgehead atoms. The van der Waals surface area contributed by atoms with Gasteiger partial charge in [0.2, 0.25) is 11.5 Å². The molecule has 0 spiro atoms. The molecule has 0 saturated carbocycles. The quantitative estimate of drug-likeness (QED) is 0.447. The summed E-state index contributed by atoms with van der Waals surface area (Å²) in [6.45, 7) is 1.71. The Balaban J connectivity index is 2.79. The molecule has 0 heterocycles. The van der Waals surface area contributed by atoms with E-state index in [0.29, 0.717) is 0 Å². The van der Waals surface area contributed by atoms with Gasteiger partial charge in [0, 0.05) is 11.1 Å². The number of fused-ring (bicyclic) bond motifs is 1. The molecule has 0 amide bonds. The summed E-state index contributed by atoms with van der Waals surface area (Å²) in [6.07, 6.45) is 0. The van der Waals surface area contributed by atoms with Crippen LogP contribution in [0.25, 0.3) is 5.76 Å². The molecule has 0 fully saturated rings. The molecule has 1 aromatic carbocycles. The van der Waals surface area contributed by atoms with E-state index in [9.17, 15) is 24.8 Å². The van der Waals surface area contributed by atoms with Crippen LogP contribution in [0.15, 0.2) is 23.9 Å². The van der Waals surface area contributed by atoms with E-state index in [1.54, 1.807) is 13.0 Å². The summed E-state index contributed by atoms with van der Waals surface area (Å²) in [5, 5.41) is 20.2. The van der Waals surface area contributed by atoms with E-state index in [-0.39, 0.29) is 11.1 Å². The Kier molecular flexibility index (Phi) is 2.27. The van der Waals surface area contributed by atoms with Gasteiger partial charge in [0.15, 0.2) is 0 Å². The predicted octanol–water partition coefficient (Wildman–Crippen LogP) is 1.26. The Morgan fingerprint density at radius 3 is 2.41 bits per heavy atom. The van der Waals surface area contributed by atoms with Crippen LogP contribution in [0.4, 0.5) is 0 Å². The fraction of sp³-hybridized carbons (Fsp3) is 0.0909. The number of nitrogens with zero attached hydrogens (tertiary/aromatic N) is 1. The Morgan fingerprint density at radius 1 is 1.18 bits per heavy atom. The minimum atomic E-state index is -1.29. The van der Waals surface area contributed by atoms with Crippen LogP contribution in [0.2, 0.25) is 0 Å². The topological polar surface area (TPSA) is 97.5 Å². The van der Waals surface area contributed by atoms with E-state index < -0.39 is 27.9 Å². The molecule has 1 N–H and O–H groups in total. The Morgan fingerprint density at radius 2 is 1.82 bits per heavy atom. The van der Waals surface area contributed by atoms with Crippen LogP contribution in [0, 0.1) is 17.0 Å². The van der Waals surface area contributed by atoms with Crippen molar-refractivity contribution >= 4 is 17.3 Å². The SMILES string of the molecule is Cc1ccc2c(c1)C(=O)C(=O)C([N+](=O)[O-])=C2O. The van der Waals surface area contributed by atoms with Gasteiger partial charge in [-0.1, -0.05) is 11.6 Å². The first kappa shape index (κ1) is 11.0. The van der Waals surface area contributed by atoms with Crippen molar-refractivity contribution in [2.45, 2.75) is 6.92 Å². The standard InChI is InChI=1S/C11H7NO5/c1-5-2-3-6-7(4-5)10(14)11(15)8(9(6)13)12(16)17/h2-4,13H,1H3. The lowest BCUT2D eigenvalue weighted by Gasteiger charge is -2.12. The van der Waals surface area contributed by atoms with Gasteiger partial charge in [0.05, 0.1) is 4.92 Å². The second kappa shape index (κ2) is 3.51. The van der Waals surface area contributed by atoms with Crippen LogP contribution < -0.4 is 0 Å². The van der Waals surface area contributed by atoms with Gasteiger partial charge < -0.3 is 5.11 Å². The molecule has 0 atom stereocenters. The zero-order valence-corrected chi connectivity index (χ0v) is 8.76. The number of aryl methyl sites for hydroxylation is 1. The summed E-state index contributed by atoms with van der Waals surface area (Å²) >= 11 is 0. The van der Waals surface area contributed by atoms with Crippen molar-refractivity contribution in [1.82, 2.24) is 0 Å². The third kappa shape index (κ3) is 1.50. The van der Waals surface area contributed by atoms with Crippen molar-refractivity contribution in [3.63, 3.8) is 0 Å². The lowest BCUT2D eigenvalue weighted by Crippen LogP contribution is -2.27. The van der Waals surface area contributed by atoms with E-state index in [2.05, 4.69) is 0 Å². The number of nitro groups is 1. The van der Waals surface area contributed by atoms with Gasteiger partial charge >= 0.3 is 11.5 Å². The van der Waals surface area contributed by atoms with Crippen LogP contribution in [-0.4, -0.2) is 21.6 Å². The lowest BCUT2D eigenvalue weighted by molar-refractivity contribution is -0.418. The summed E-state index contributed by atoms with van der Waals surface area (Å²) in [6, 6.07) is 4.39. The molecule has 1 aliphatic carbocycles. The monoisotopic (exact) mass is 233 g/mol. The third-order valence-corrected chi connectivity index (χ3v) is 2.50. The number of ketones is 2. The number of hydrogen-bond acceptors (Lipinski definition) is 5. The van der Waals surface area contributed by atoms with Crippen LogP contribution in [0.1, 0.15) is 21.5 Å². The third-order valence-electron chi connectivity index (χ3n) is 2.50. The highest BCUT2D eigenvalue weighted by molar-refractivity contribution is 6.51. The van der Waals surface area contributed by atoms with Gasteiger partial charge in [-0.15, -0.1) is 0 Å². The summed E-state index contributed by atoms with van der Waals surface area (Å²) in [5.74, 6) is -3.01. The zero-order valence-electron chi connectivity index (χ0n) is 8.76. The molecule has 0 aliphatic heterocycles. The number of allylic oxidation sites excluding steroid dienone is 1. The molecule has 1 aliphatic rings. The Labute approximate surface area is 95.3 Å². The van der Waals surface area contributed by atoms with Gasteiger partial charge in [-0.25, -0.2) is 0 Å². The average molecular weight is 233 g/mol. The first-order valence-corrected chi connectivity index (χ1v) is 4.71. The molecule has 0 aromatic heterocycles. The molecule has 17 heavy (non-hydrogen) atoms. The fourth-order valence-electron chi connectivity index (χ4n) is 1.69. The number of carbonyl (C=O) groups is 2. The zero-order chi connectivity index (χ0) is 12.7. The number of Topliss-reactive ketones (excluding diaryl/α,β-unsaturated/α-hetero) is 2. The van der Waals surface area contributed by atoms with Gasteiger partial charge in [-0.2, -0.15) is 0 Å². The number of aliphatic hydroxyl groups is 1. The van der Waals surface area contributed by atoms with Crippen molar-refractivity contribution in [3.8, 4) is 0 Å². The maximum atomic E-state index is 11.6. The fourth-order valence-corrected chi connectivity index (χ4v) is 1.69. The highest BCUT2D eigenvalue weighted by Gasteiger charge is 2.40. The van der Waals surface area contributed by atoms with E-state index in [4.69, 9.17) is 0 Å². The minimum absolute atomic E-state index is 0.00176. The van der Waals surface area contributed by atoms with Crippen LogP contribution in [0.3, 0.4) is 0 Å². The number of rotatable bonds is 1. The summed E-state index contributed by atoms with van der Waals surface area (Å²) < 4.78 is 0. The van der Waals surface area contributed by atoms with Gasteiger partial charge in [0.25, 0.3) is 0 Å². The molecule has 0 unspecified atom stereocenters. The predicted molar refractivity (Wildman–Crippen MR) is 57.1 cm³/mol. The molecule has 6 heteroatoms. The summed E-state index contributed by atoms with van der Waals surface area (Å²) in [5.41, 5.74) is -0.321. The molecule has 1 aromatic rings. The minimum Gasteiger partial charge on any atom is -0.502 e. The number of carbonyl (C=O) groups excluding carboxylic acids is 2. The molecule has 0 radical (unpaired) electrons. The number of aliphatic hydroxyl groups excluding tert-OH is 1. The van der Waals surface area contributed by atoms with Crippen LogP contribution >= 0.6 is 0 Å². The summed E-state index contributed by atoms with van der Waals surface area (Å²) in [7, 11) is 0. The molecular weight excluding hydrogens is 226 g/mol. The normalized spacial score (nSPS) is 14.9. The van der Waals surface area contributed by atoms with Gasteiger partial charge in [0.1, 0.15) is 0 Å². The first-order valence-electron chi connectivity index (χ1n) is 4.71. The maximum absolute atomic E-state index is 11.6. The first-order chi connectivity index (χ1) is 7.93. The van der Waals surface area contributed by atoms with Crippen molar-refractivity contribution in [3.05, 3.63) is 50.7 Å². The van der Waals surface area contributed by atoms with E-state index >= 15 is 0 Å². The van der Waals surface area contributed by atoms with E-state index in [1.807, 2.05) is 0 Å². The Bertz CT molecular complexity index is 600. The molecular formula is C11H7NO5. The van der Waals surface area contributed by atoms with Gasteiger partial charge in [-0.05, 0) is 19.1 Å². The smallest absolute Gasteiger partial charge is 0.362 e. The van der Waals surface area contributed by atoms with Crippen molar-refractivity contribution in [2.75, 3.05) is 0 Å². The van der Waals surface area contributed by atoms with Gasteiger partial charge in [-0.3, -0.25) is 19.7 Å². The number of hydrogen-bond donors (Lipinski definition) is 1. The van der Waals surface area contributed by atoms with E-state index in [0.717, 1.165) is 5.56 Å². The van der Waals surface area contributed by atoms with Crippen LogP contribution in [-0.2, 0) is 4.79 Å². The van der Waals surface area contributed by atoms with Crippen LogP contribution in [0.5, 0.6) is 0 Å². The maximum Gasteiger partial charge on any atom is 0.362 e.